The summed E-state index contributed by atoms with van der Waals surface area (Å²) in [4.78, 5) is 16.8. The summed E-state index contributed by atoms with van der Waals surface area (Å²) in [5.41, 5.74) is 0. The maximum Gasteiger partial charge on any atom is 0.137 e. The first-order chi connectivity index (χ1) is 8.65. The molecule has 18 heavy (non-hydrogen) atoms. The van der Waals surface area contributed by atoms with E-state index in [1.54, 1.807) is 0 Å². The lowest BCUT2D eigenvalue weighted by Crippen LogP contribution is -2.34. The number of nitrogens with zero attached hydrogens (tertiary/aromatic N) is 2. The van der Waals surface area contributed by atoms with Crippen molar-refractivity contribution in [2.24, 2.45) is 11.8 Å². The lowest BCUT2D eigenvalue weighted by Gasteiger charge is -2.24. The summed E-state index contributed by atoms with van der Waals surface area (Å²) in [7, 11) is 4.39. The minimum atomic E-state index is 0.316. The average molecular weight is 252 g/mol. The highest BCUT2D eigenvalue weighted by atomic mass is 16.1. The first-order valence-corrected chi connectivity index (χ1v) is 7.55. The van der Waals surface area contributed by atoms with Crippen LogP contribution in [0.25, 0.3) is 0 Å². The van der Waals surface area contributed by atoms with Crippen molar-refractivity contribution in [2.75, 3.05) is 40.3 Å². The van der Waals surface area contributed by atoms with Crippen LogP contribution in [0.4, 0.5) is 0 Å². The first-order valence-electron chi connectivity index (χ1n) is 7.55. The molecule has 2 fully saturated rings. The molecule has 2 rings (SSSR count). The van der Waals surface area contributed by atoms with E-state index in [1.807, 2.05) is 0 Å². The molecule has 1 saturated heterocycles. The van der Waals surface area contributed by atoms with E-state index in [0.29, 0.717) is 11.7 Å². The minimum absolute atomic E-state index is 0.316. The Bertz CT molecular complexity index is 280. The minimum Gasteiger partial charge on any atom is -0.306 e. The molecule has 1 aliphatic heterocycles. The fourth-order valence-electron chi connectivity index (χ4n) is 3.49. The summed E-state index contributed by atoms with van der Waals surface area (Å²) in [6, 6.07) is 0. The van der Waals surface area contributed by atoms with Crippen molar-refractivity contribution in [1.82, 2.24) is 9.80 Å². The van der Waals surface area contributed by atoms with Crippen molar-refractivity contribution < 1.29 is 4.79 Å². The van der Waals surface area contributed by atoms with Gasteiger partial charge in [0.1, 0.15) is 5.78 Å². The lowest BCUT2D eigenvalue weighted by atomic mass is 9.98. The Morgan fingerprint density at radius 3 is 2.78 bits per heavy atom. The molecule has 3 heteroatoms. The molecule has 0 radical (unpaired) electrons. The third-order valence-electron chi connectivity index (χ3n) is 4.52. The van der Waals surface area contributed by atoms with Gasteiger partial charge in [0.25, 0.3) is 0 Å². The predicted octanol–water partition coefficient (Wildman–Crippen LogP) is 2.02. The molecule has 0 bridgehead atoms. The normalized spacial score (nSPS) is 30.9. The van der Waals surface area contributed by atoms with Crippen molar-refractivity contribution in [2.45, 2.75) is 38.5 Å². The number of carbonyl (C=O) groups excluding carboxylic acids is 1. The Morgan fingerprint density at radius 2 is 2.06 bits per heavy atom. The largest absolute Gasteiger partial charge is 0.306 e. The van der Waals surface area contributed by atoms with Gasteiger partial charge in [0.15, 0.2) is 0 Å². The Labute approximate surface area is 112 Å². The molecule has 1 heterocycles. The Morgan fingerprint density at radius 1 is 1.22 bits per heavy atom. The molecular formula is C15H28N2O. The smallest absolute Gasteiger partial charge is 0.137 e. The van der Waals surface area contributed by atoms with Crippen LogP contribution < -0.4 is 0 Å². The van der Waals surface area contributed by atoms with Gasteiger partial charge in [-0.05, 0) is 45.8 Å². The van der Waals surface area contributed by atoms with Crippen LogP contribution in [-0.2, 0) is 4.79 Å². The van der Waals surface area contributed by atoms with E-state index < -0.39 is 0 Å². The first kappa shape index (κ1) is 14.0. The SMILES string of the molecule is CN1CCC(CN(C)CC2CCCCCC2=O)C1. The van der Waals surface area contributed by atoms with Gasteiger partial charge in [-0.15, -0.1) is 0 Å². The van der Waals surface area contributed by atoms with Gasteiger partial charge in [0, 0.05) is 32.0 Å². The Hall–Kier alpha value is -0.410. The van der Waals surface area contributed by atoms with E-state index in [4.69, 9.17) is 0 Å². The van der Waals surface area contributed by atoms with E-state index >= 15 is 0 Å². The molecule has 0 spiro atoms. The summed E-state index contributed by atoms with van der Waals surface area (Å²) >= 11 is 0. The number of likely N-dealkylation sites (tertiary alicyclic amines) is 1. The molecule has 0 aromatic carbocycles. The maximum absolute atomic E-state index is 12.0. The summed E-state index contributed by atoms with van der Waals surface area (Å²) in [6.45, 7) is 4.61. The van der Waals surface area contributed by atoms with Crippen LogP contribution in [0, 0.1) is 11.8 Å². The molecule has 0 aromatic heterocycles. The highest BCUT2D eigenvalue weighted by molar-refractivity contribution is 5.81. The Kier molecular flexibility index (Phi) is 5.19. The quantitative estimate of drug-likeness (QED) is 0.715. The van der Waals surface area contributed by atoms with E-state index in [0.717, 1.165) is 38.3 Å². The molecule has 0 aromatic rings. The van der Waals surface area contributed by atoms with Crippen LogP contribution in [-0.4, -0.2) is 55.9 Å². The standard InChI is InChI=1S/C15H28N2O/c1-16-9-8-13(10-16)11-17(2)12-14-6-4-3-5-7-15(14)18/h13-14H,3-12H2,1-2H3. The van der Waals surface area contributed by atoms with Crippen LogP contribution in [0.15, 0.2) is 0 Å². The predicted molar refractivity (Wildman–Crippen MR) is 74.7 cm³/mol. The van der Waals surface area contributed by atoms with Gasteiger partial charge in [0.2, 0.25) is 0 Å². The van der Waals surface area contributed by atoms with Crippen molar-refractivity contribution in [3.63, 3.8) is 0 Å². The van der Waals surface area contributed by atoms with Gasteiger partial charge in [-0.2, -0.15) is 0 Å². The maximum atomic E-state index is 12.0. The van der Waals surface area contributed by atoms with Gasteiger partial charge < -0.3 is 9.80 Å². The number of ketones is 1. The lowest BCUT2D eigenvalue weighted by molar-refractivity contribution is -0.123. The van der Waals surface area contributed by atoms with Gasteiger partial charge in [-0.25, -0.2) is 0 Å². The molecule has 2 unspecified atom stereocenters. The molecule has 3 nitrogen and oxygen atoms in total. The molecule has 2 aliphatic rings. The third kappa shape index (κ3) is 4.06. The molecule has 104 valence electrons. The van der Waals surface area contributed by atoms with Crippen LogP contribution >= 0.6 is 0 Å². The zero-order chi connectivity index (χ0) is 13.0. The number of hydrogen-bond acceptors (Lipinski definition) is 3. The number of carbonyl (C=O) groups is 1. The summed E-state index contributed by atoms with van der Waals surface area (Å²) in [6.07, 6.45) is 6.88. The Balaban J connectivity index is 1.75. The van der Waals surface area contributed by atoms with Crippen molar-refractivity contribution in [3.05, 3.63) is 0 Å². The molecular weight excluding hydrogens is 224 g/mol. The molecule has 2 atom stereocenters. The van der Waals surface area contributed by atoms with Crippen LogP contribution in [0.5, 0.6) is 0 Å². The highest BCUT2D eigenvalue weighted by Gasteiger charge is 2.25. The van der Waals surface area contributed by atoms with Crippen LogP contribution in [0.3, 0.4) is 0 Å². The van der Waals surface area contributed by atoms with E-state index in [2.05, 4.69) is 23.9 Å². The van der Waals surface area contributed by atoms with Crippen molar-refractivity contribution in [1.29, 1.82) is 0 Å². The second-order valence-electron chi connectivity index (χ2n) is 6.40. The van der Waals surface area contributed by atoms with Gasteiger partial charge in [-0.3, -0.25) is 4.79 Å². The van der Waals surface area contributed by atoms with Gasteiger partial charge >= 0.3 is 0 Å². The summed E-state index contributed by atoms with van der Waals surface area (Å²) in [5.74, 6) is 1.64. The number of rotatable bonds is 4. The van der Waals surface area contributed by atoms with Gasteiger partial charge in [-0.1, -0.05) is 12.8 Å². The van der Waals surface area contributed by atoms with Crippen molar-refractivity contribution in [3.8, 4) is 0 Å². The average Bonchev–Trinajstić information content (AvgIpc) is 2.61. The monoisotopic (exact) mass is 252 g/mol. The van der Waals surface area contributed by atoms with Crippen LogP contribution in [0.1, 0.15) is 38.5 Å². The molecule has 1 aliphatic carbocycles. The zero-order valence-corrected chi connectivity index (χ0v) is 12.0. The highest BCUT2D eigenvalue weighted by Crippen LogP contribution is 2.22. The molecule has 0 N–H and O–H groups in total. The molecule has 0 amide bonds. The van der Waals surface area contributed by atoms with Gasteiger partial charge in [0.05, 0.1) is 0 Å². The number of Topliss-reactive ketones (excluding diaryl/α,β-unsaturated/α-hetero) is 1. The van der Waals surface area contributed by atoms with E-state index in [9.17, 15) is 4.79 Å². The van der Waals surface area contributed by atoms with E-state index in [1.165, 1.54) is 32.4 Å². The fourth-order valence-corrected chi connectivity index (χ4v) is 3.49. The second kappa shape index (κ2) is 6.67. The topological polar surface area (TPSA) is 23.6 Å². The summed E-state index contributed by atoms with van der Waals surface area (Å²) in [5, 5.41) is 0. The second-order valence-corrected chi connectivity index (χ2v) is 6.40. The van der Waals surface area contributed by atoms with E-state index in [-0.39, 0.29) is 0 Å². The molecule has 1 saturated carbocycles. The summed E-state index contributed by atoms with van der Waals surface area (Å²) < 4.78 is 0. The third-order valence-corrected chi connectivity index (χ3v) is 4.52. The van der Waals surface area contributed by atoms with Crippen LogP contribution in [0.2, 0.25) is 0 Å². The number of hydrogen-bond donors (Lipinski definition) is 0. The fraction of sp³-hybridized carbons (Fsp3) is 0.933. The van der Waals surface area contributed by atoms with Crippen molar-refractivity contribution >= 4 is 5.78 Å². The zero-order valence-electron chi connectivity index (χ0n) is 12.0.